The van der Waals surface area contributed by atoms with E-state index in [-0.39, 0.29) is 18.4 Å². The van der Waals surface area contributed by atoms with Crippen LogP contribution in [0, 0.1) is 0 Å². The monoisotopic (exact) mass is 413 g/mol. The van der Waals surface area contributed by atoms with Crippen molar-refractivity contribution in [2.45, 2.75) is 52.2 Å². The fourth-order valence-corrected chi connectivity index (χ4v) is 2.70. The molecule has 0 radical (unpaired) electrons. The van der Waals surface area contributed by atoms with Crippen molar-refractivity contribution >= 4 is 17.7 Å². The number of allylic oxidation sites excluding steroid dienone is 10. The van der Waals surface area contributed by atoms with Gasteiger partial charge < -0.3 is 14.7 Å². The van der Waals surface area contributed by atoms with E-state index in [1.54, 1.807) is 39.0 Å². The molecule has 1 N–H and O–H groups in total. The molecular weight excluding hydrogens is 382 g/mol. The van der Waals surface area contributed by atoms with Crippen LogP contribution in [0.5, 0.6) is 0 Å². The number of aliphatic hydroxyl groups is 1. The average molecular weight is 414 g/mol. The largest absolute Gasteiger partial charge is 0.507 e. The summed E-state index contributed by atoms with van der Waals surface area (Å²) in [5.41, 5.74) is -0.876. The highest BCUT2D eigenvalue weighted by molar-refractivity contribution is 6.27. The summed E-state index contributed by atoms with van der Waals surface area (Å²) in [5.74, 6) is -1.88. The van der Waals surface area contributed by atoms with Gasteiger partial charge in [0.1, 0.15) is 16.9 Å². The summed E-state index contributed by atoms with van der Waals surface area (Å²) in [7, 11) is 1.48. The van der Waals surface area contributed by atoms with Crippen molar-refractivity contribution in [3.63, 3.8) is 0 Å². The third-order valence-corrected chi connectivity index (χ3v) is 4.07. The summed E-state index contributed by atoms with van der Waals surface area (Å²) >= 11 is 0. The Labute approximate surface area is 178 Å². The van der Waals surface area contributed by atoms with E-state index in [0.29, 0.717) is 0 Å². The highest BCUT2D eigenvalue weighted by atomic mass is 16.6. The third-order valence-electron chi connectivity index (χ3n) is 4.07. The van der Waals surface area contributed by atoms with Gasteiger partial charge >= 0.3 is 5.97 Å². The van der Waals surface area contributed by atoms with E-state index in [1.165, 1.54) is 24.1 Å². The van der Waals surface area contributed by atoms with Gasteiger partial charge in [-0.25, -0.2) is 0 Å². The first kappa shape index (κ1) is 24.9. The normalized spacial score (nSPS) is 20.2. The molecule has 0 aromatic carbocycles. The maximum atomic E-state index is 12.6. The van der Waals surface area contributed by atoms with Crippen LogP contribution in [-0.4, -0.2) is 46.4 Å². The van der Waals surface area contributed by atoms with E-state index in [0.717, 1.165) is 0 Å². The fraction of sp³-hybridized carbons (Fsp3) is 0.375. The molecule has 1 aliphatic rings. The van der Waals surface area contributed by atoms with E-state index in [9.17, 15) is 19.5 Å². The van der Waals surface area contributed by atoms with Crippen molar-refractivity contribution in [2.24, 2.45) is 0 Å². The highest BCUT2D eigenvalue weighted by Gasteiger charge is 2.42. The van der Waals surface area contributed by atoms with Crippen molar-refractivity contribution in [2.75, 3.05) is 7.05 Å². The second-order valence-corrected chi connectivity index (χ2v) is 7.72. The second-order valence-electron chi connectivity index (χ2n) is 7.72. The van der Waals surface area contributed by atoms with Gasteiger partial charge in [-0.1, -0.05) is 54.7 Å². The number of nitrogens with zero attached hydrogens (tertiary/aromatic N) is 1. The molecule has 1 unspecified atom stereocenters. The number of likely N-dealkylation sites (tertiary alicyclic amines) is 1. The van der Waals surface area contributed by atoms with Gasteiger partial charge in [-0.05, 0) is 40.2 Å². The topological polar surface area (TPSA) is 83.9 Å². The Kier molecular flexibility index (Phi) is 9.75. The van der Waals surface area contributed by atoms with E-state index in [1.807, 2.05) is 37.3 Å². The zero-order valence-corrected chi connectivity index (χ0v) is 18.3. The second kappa shape index (κ2) is 11.8. The number of Topliss-reactive ketones (excluding diaryl/α,β-unsaturated/α-hetero) is 1. The Morgan fingerprint density at radius 3 is 2.10 bits per heavy atom. The van der Waals surface area contributed by atoms with E-state index in [4.69, 9.17) is 4.74 Å². The summed E-state index contributed by atoms with van der Waals surface area (Å²) in [4.78, 5) is 38.2. The number of carbonyl (C=O) groups excluding carboxylic acids is 3. The molecule has 0 spiro atoms. The quantitative estimate of drug-likeness (QED) is 0.213. The third kappa shape index (κ3) is 8.07. The number of amides is 1. The number of hydrogen-bond acceptors (Lipinski definition) is 5. The smallest absolute Gasteiger partial charge is 0.306 e. The summed E-state index contributed by atoms with van der Waals surface area (Å²) in [6.07, 6.45) is 17.7. The standard InChI is InChI=1S/C24H31NO5/c1-6-7-8-9-10-11-12-13-14-15-19(26)21-22(28)18(25(5)23(21)29)16-17-20(27)30-24(2,3)4/h6-15,18,26H,16-17H2,1-5H3/b7-6+,9-8+,11-10+,13-12+,15-14+,21-19-. The predicted octanol–water partition coefficient (Wildman–Crippen LogP) is 4.13. The van der Waals surface area contributed by atoms with Gasteiger partial charge in [0.15, 0.2) is 5.78 Å². The molecule has 0 saturated carbocycles. The van der Waals surface area contributed by atoms with Crippen molar-refractivity contribution in [3.05, 3.63) is 72.1 Å². The number of hydrogen-bond donors (Lipinski definition) is 1. The summed E-state index contributed by atoms with van der Waals surface area (Å²) in [6.45, 7) is 7.21. The van der Waals surface area contributed by atoms with Crippen LogP contribution in [0.25, 0.3) is 0 Å². The molecule has 6 nitrogen and oxygen atoms in total. The molecule has 162 valence electrons. The number of esters is 1. The molecule has 0 bridgehead atoms. The van der Waals surface area contributed by atoms with Crippen molar-refractivity contribution in [1.29, 1.82) is 0 Å². The minimum absolute atomic E-state index is 0.00669. The predicted molar refractivity (Wildman–Crippen MR) is 118 cm³/mol. The van der Waals surface area contributed by atoms with Crippen LogP contribution in [0.4, 0.5) is 0 Å². The summed E-state index contributed by atoms with van der Waals surface area (Å²) in [5, 5.41) is 10.2. The van der Waals surface area contributed by atoms with Crippen molar-refractivity contribution in [1.82, 2.24) is 4.90 Å². The minimum Gasteiger partial charge on any atom is -0.507 e. The average Bonchev–Trinajstić information content (AvgIpc) is 2.86. The Bertz CT molecular complexity index is 819. The van der Waals surface area contributed by atoms with Crippen LogP contribution >= 0.6 is 0 Å². The van der Waals surface area contributed by atoms with Gasteiger partial charge in [0, 0.05) is 13.5 Å². The number of carbonyl (C=O) groups is 3. The maximum absolute atomic E-state index is 12.6. The van der Waals surface area contributed by atoms with E-state index < -0.39 is 35.1 Å². The number of rotatable bonds is 8. The SMILES string of the molecule is C/C=C/C=C/C=C/C=C/C=C/C(O)=C1\C(=O)C(CCC(=O)OC(C)(C)C)N(C)C1=O. The lowest BCUT2D eigenvalue weighted by atomic mass is 10.0. The lowest BCUT2D eigenvalue weighted by molar-refractivity contribution is -0.155. The fourth-order valence-electron chi connectivity index (χ4n) is 2.70. The van der Waals surface area contributed by atoms with Crippen LogP contribution in [0.2, 0.25) is 0 Å². The first-order chi connectivity index (χ1) is 14.1. The van der Waals surface area contributed by atoms with Gasteiger partial charge in [-0.15, -0.1) is 0 Å². The molecule has 0 aliphatic carbocycles. The van der Waals surface area contributed by atoms with Crippen molar-refractivity contribution < 1.29 is 24.2 Å². The first-order valence-corrected chi connectivity index (χ1v) is 9.84. The van der Waals surface area contributed by atoms with Crippen LogP contribution in [0.1, 0.15) is 40.5 Å². The first-order valence-electron chi connectivity index (χ1n) is 9.84. The van der Waals surface area contributed by atoms with Crippen LogP contribution in [0.3, 0.4) is 0 Å². The highest BCUT2D eigenvalue weighted by Crippen LogP contribution is 2.25. The van der Waals surface area contributed by atoms with E-state index >= 15 is 0 Å². The molecule has 0 aromatic heterocycles. The Balaban J connectivity index is 2.76. The zero-order chi connectivity index (χ0) is 22.7. The van der Waals surface area contributed by atoms with Gasteiger partial charge in [0.05, 0.1) is 6.04 Å². The maximum Gasteiger partial charge on any atom is 0.306 e. The molecule has 1 amide bonds. The van der Waals surface area contributed by atoms with Crippen molar-refractivity contribution in [3.8, 4) is 0 Å². The Hall–Kier alpha value is -3.15. The van der Waals surface area contributed by atoms with Gasteiger partial charge in [0.2, 0.25) is 0 Å². The lowest BCUT2D eigenvalue weighted by Crippen LogP contribution is -2.33. The lowest BCUT2D eigenvalue weighted by Gasteiger charge is -2.21. The molecule has 30 heavy (non-hydrogen) atoms. The summed E-state index contributed by atoms with van der Waals surface area (Å²) < 4.78 is 5.23. The van der Waals surface area contributed by atoms with Crippen LogP contribution in [0.15, 0.2) is 72.1 Å². The number of aliphatic hydroxyl groups excluding tert-OH is 1. The molecule has 1 heterocycles. The summed E-state index contributed by atoms with van der Waals surface area (Å²) in [6, 6.07) is -0.794. The molecule has 1 atom stereocenters. The van der Waals surface area contributed by atoms with E-state index in [2.05, 4.69) is 0 Å². The molecule has 1 saturated heterocycles. The van der Waals surface area contributed by atoms with Crippen LogP contribution in [-0.2, 0) is 19.1 Å². The molecule has 1 fully saturated rings. The van der Waals surface area contributed by atoms with Gasteiger partial charge in [-0.2, -0.15) is 0 Å². The minimum atomic E-state index is -0.794. The Morgan fingerprint density at radius 2 is 1.57 bits per heavy atom. The van der Waals surface area contributed by atoms with Gasteiger partial charge in [-0.3, -0.25) is 14.4 Å². The molecule has 1 aliphatic heterocycles. The molecule has 1 rings (SSSR count). The van der Waals surface area contributed by atoms with Crippen LogP contribution < -0.4 is 0 Å². The molecule has 0 aromatic rings. The van der Waals surface area contributed by atoms with Gasteiger partial charge in [0.25, 0.3) is 5.91 Å². The zero-order valence-electron chi connectivity index (χ0n) is 18.3. The number of ether oxygens (including phenoxy) is 1. The number of ketones is 1. The molecular formula is C24H31NO5. The number of likely N-dealkylation sites (N-methyl/N-ethyl adjacent to an activating group) is 1. The Morgan fingerprint density at radius 1 is 1.03 bits per heavy atom. The molecule has 6 heteroatoms.